The fraction of sp³-hybridized carbons (Fsp3) is 0.273. The van der Waals surface area contributed by atoms with Gasteiger partial charge in [0.25, 0.3) is 11.8 Å². The third-order valence-corrected chi connectivity index (χ3v) is 5.19. The Labute approximate surface area is 158 Å². The maximum absolute atomic E-state index is 12.9. The smallest absolute Gasteiger partial charge is 0.270 e. The Bertz CT molecular complexity index is 999. The number of rotatable bonds is 2. The Hall–Kier alpha value is -3.08. The van der Waals surface area contributed by atoms with Crippen molar-refractivity contribution >= 4 is 22.7 Å². The van der Waals surface area contributed by atoms with E-state index in [4.69, 9.17) is 0 Å². The summed E-state index contributed by atoms with van der Waals surface area (Å²) < 4.78 is 0. The summed E-state index contributed by atoms with van der Waals surface area (Å²) >= 11 is 0. The van der Waals surface area contributed by atoms with E-state index in [0.717, 1.165) is 10.9 Å². The van der Waals surface area contributed by atoms with E-state index in [1.165, 1.54) is 11.1 Å². The summed E-state index contributed by atoms with van der Waals surface area (Å²) in [5.74, 6) is 0.0227. The van der Waals surface area contributed by atoms with Gasteiger partial charge in [-0.05, 0) is 49.2 Å². The third-order valence-electron chi connectivity index (χ3n) is 5.19. The Kier molecular flexibility index (Phi) is 4.44. The molecule has 1 saturated heterocycles. The largest absolute Gasteiger partial charge is 0.351 e. The van der Waals surface area contributed by atoms with E-state index in [0.29, 0.717) is 37.4 Å². The molecule has 0 spiro atoms. The van der Waals surface area contributed by atoms with Crippen LogP contribution in [0.5, 0.6) is 0 Å². The SMILES string of the molecule is Cc1cc(C)c2cc(C(=O)N3CCN(C(=O)c4ccccc4)CC3)[nH]c2c1. The number of H-pyrrole nitrogens is 1. The lowest BCUT2D eigenvalue weighted by atomic mass is 10.1. The summed E-state index contributed by atoms with van der Waals surface area (Å²) in [6, 6.07) is 15.4. The molecule has 0 bridgehead atoms. The topological polar surface area (TPSA) is 56.4 Å². The molecule has 5 nitrogen and oxygen atoms in total. The van der Waals surface area contributed by atoms with E-state index in [1.54, 1.807) is 0 Å². The van der Waals surface area contributed by atoms with Crippen molar-refractivity contribution in [2.24, 2.45) is 0 Å². The first-order valence-corrected chi connectivity index (χ1v) is 9.26. The molecule has 0 radical (unpaired) electrons. The van der Waals surface area contributed by atoms with E-state index in [9.17, 15) is 9.59 Å². The number of benzene rings is 2. The number of piperazine rings is 1. The predicted octanol–water partition coefficient (Wildman–Crippen LogP) is 3.38. The molecule has 1 aromatic heterocycles. The molecular formula is C22H23N3O2. The lowest BCUT2D eigenvalue weighted by Gasteiger charge is -2.34. The van der Waals surface area contributed by atoms with Crippen LogP contribution in [0.2, 0.25) is 0 Å². The number of aromatic nitrogens is 1. The highest BCUT2D eigenvalue weighted by Crippen LogP contribution is 2.22. The van der Waals surface area contributed by atoms with Gasteiger partial charge in [-0.1, -0.05) is 24.3 Å². The van der Waals surface area contributed by atoms with Gasteiger partial charge >= 0.3 is 0 Å². The first kappa shape index (κ1) is 17.3. The molecular weight excluding hydrogens is 338 g/mol. The third kappa shape index (κ3) is 3.33. The molecule has 3 aromatic rings. The zero-order valence-corrected chi connectivity index (χ0v) is 15.7. The van der Waals surface area contributed by atoms with Gasteiger partial charge in [0, 0.05) is 42.6 Å². The molecule has 1 aliphatic heterocycles. The number of amides is 2. The van der Waals surface area contributed by atoms with Crippen LogP contribution in [0.15, 0.2) is 48.5 Å². The Morgan fingerprint density at radius 2 is 1.48 bits per heavy atom. The molecule has 1 aliphatic rings. The highest BCUT2D eigenvalue weighted by molar-refractivity contribution is 5.99. The summed E-state index contributed by atoms with van der Waals surface area (Å²) in [6.07, 6.45) is 0. The average Bonchev–Trinajstić information content (AvgIpc) is 3.12. The Morgan fingerprint density at radius 3 is 2.15 bits per heavy atom. The van der Waals surface area contributed by atoms with Crippen LogP contribution in [-0.4, -0.2) is 52.8 Å². The van der Waals surface area contributed by atoms with Gasteiger partial charge in [-0.3, -0.25) is 9.59 Å². The normalized spacial score (nSPS) is 14.6. The molecule has 2 amide bonds. The predicted molar refractivity (Wildman–Crippen MR) is 106 cm³/mol. The van der Waals surface area contributed by atoms with Crippen LogP contribution in [0.1, 0.15) is 32.0 Å². The molecule has 138 valence electrons. The summed E-state index contributed by atoms with van der Waals surface area (Å²) in [6.45, 7) is 6.31. The number of fused-ring (bicyclic) bond motifs is 1. The molecule has 1 N–H and O–H groups in total. The van der Waals surface area contributed by atoms with Gasteiger partial charge < -0.3 is 14.8 Å². The van der Waals surface area contributed by atoms with Gasteiger partial charge in [0.1, 0.15) is 5.69 Å². The number of hydrogen-bond acceptors (Lipinski definition) is 2. The van der Waals surface area contributed by atoms with Crippen LogP contribution in [-0.2, 0) is 0 Å². The number of carbonyl (C=O) groups excluding carboxylic acids is 2. The van der Waals surface area contributed by atoms with Crippen molar-refractivity contribution < 1.29 is 9.59 Å². The molecule has 2 aromatic carbocycles. The Balaban J connectivity index is 1.46. The fourth-order valence-corrected chi connectivity index (χ4v) is 3.76. The first-order valence-electron chi connectivity index (χ1n) is 9.26. The second-order valence-corrected chi connectivity index (χ2v) is 7.18. The summed E-state index contributed by atoms with van der Waals surface area (Å²) in [4.78, 5) is 32.4. The molecule has 0 aliphatic carbocycles. The minimum Gasteiger partial charge on any atom is -0.351 e. The van der Waals surface area contributed by atoms with E-state index in [2.05, 4.69) is 31.0 Å². The minimum atomic E-state index is -0.00457. The zero-order chi connectivity index (χ0) is 19.0. The van der Waals surface area contributed by atoms with Crippen molar-refractivity contribution in [2.45, 2.75) is 13.8 Å². The van der Waals surface area contributed by atoms with Crippen LogP contribution in [0.25, 0.3) is 10.9 Å². The number of aryl methyl sites for hydroxylation is 2. The van der Waals surface area contributed by atoms with Crippen molar-refractivity contribution in [1.29, 1.82) is 0 Å². The summed E-state index contributed by atoms with van der Waals surface area (Å²) in [5, 5.41) is 1.09. The van der Waals surface area contributed by atoms with Gasteiger partial charge in [0.15, 0.2) is 0 Å². The van der Waals surface area contributed by atoms with Gasteiger partial charge in [-0.25, -0.2) is 0 Å². The van der Waals surface area contributed by atoms with Crippen LogP contribution in [0.3, 0.4) is 0 Å². The van der Waals surface area contributed by atoms with Gasteiger partial charge in [-0.2, -0.15) is 0 Å². The molecule has 4 rings (SSSR count). The first-order chi connectivity index (χ1) is 13.0. The summed E-state index contributed by atoms with van der Waals surface area (Å²) in [5.41, 5.74) is 4.64. The van der Waals surface area contributed by atoms with E-state index < -0.39 is 0 Å². The molecule has 5 heteroatoms. The monoisotopic (exact) mass is 361 g/mol. The quantitative estimate of drug-likeness (QED) is 0.761. The van der Waals surface area contributed by atoms with Crippen molar-refractivity contribution in [1.82, 2.24) is 14.8 Å². The maximum atomic E-state index is 12.9. The molecule has 2 heterocycles. The van der Waals surface area contributed by atoms with E-state index in [-0.39, 0.29) is 11.8 Å². The van der Waals surface area contributed by atoms with Crippen molar-refractivity contribution in [3.63, 3.8) is 0 Å². The van der Waals surface area contributed by atoms with Crippen LogP contribution in [0.4, 0.5) is 0 Å². The van der Waals surface area contributed by atoms with E-state index in [1.807, 2.05) is 46.2 Å². The Morgan fingerprint density at radius 1 is 0.852 bits per heavy atom. The number of hydrogen-bond donors (Lipinski definition) is 1. The highest BCUT2D eigenvalue weighted by Gasteiger charge is 2.26. The average molecular weight is 361 g/mol. The van der Waals surface area contributed by atoms with Crippen LogP contribution >= 0.6 is 0 Å². The zero-order valence-electron chi connectivity index (χ0n) is 15.7. The highest BCUT2D eigenvalue weighted by atomic mass is 16.2. The molecule has 0 saturated carbocycles. The molecule has 0 unspecified atom stereocenters. The minimum absolute atomic E-state index is 0.00457. The van der Waals surface area contributed by atoms with Crippen molar-refractivity contribution in [3.8, 4) is 0 Å². The second kappa shape index (κ2) is 6.91. The van der Waals surface area contributed by atoms with Crippen molar-refractivity contribution in [3.05, 3.63) is 70.9 Å². The number of carbonyl (C=O) groups is 2. The lowest BCUT2D eigenvalue weighted by Crippen LogP contribution is -2.50. The standard InChI is InChI=1S/C22H23N3O2/c1-15-12-16(2)18-14-20(23-19(18)13-15)22(27)25-10-8-24(9-11-25)21(26)17-6-4-3-5-7-17/h3-7,12-14,23H,8-11H2,1-2H3. The van der Waals surface area contributed by atoms with E-state index >= 15 is 0 Å². The van der Waals surface area contributed by atoms with Crippen LogP contribution < -0.4 is 0 Å². The molecule has 0 atom stereocenters. The van der Waals surface area contributed by atoms with Crippen molar-refractivity contribution in [2.75, 3.05) is 26.2 Å². The number of nitrogens with one attached hydrogen (secondary N) is 1. The van der Waals surface area contributed by atoms with Gasteiger partial charge in [0.2, 0.25) is 0 Å². The van der Waals surface area contributed by atoms with Gasteiger partial charge in [-0.15, -0.1) is 0 Å². The fourth-order valence-electron chi connectivity index (χ4n) is 3.76. The molecule has 27 heavy (non-hydrogen) atoms. The molecule has 1 fully saturated rings. The lowest BCUT2D eigenvalue weighted by molar-refractivity contribution is 0.0533. The number of nitrogens with zero attached hydrogens (tertiary/aromatic N) is 2. The second-order valence-electron chi connectivity index (χ2n) is 7.18. The summed E-state index contributed by atoms with van der Waals surface area (Å²) in [7, 11) is 0. The number of aromatic amines is 1. The van der Waals surface area contributed by atoms with Crippen LogP contribution in [0, 0.1) is 13.8 Å². The van der Waals surface area contributed by atoms with Gasteiger partial charge in [0.05, 0.1) is 0 Å². The maximum Gasteiger partial charge on any atom is 0.270 e.